The van der Waals surface area contributed by atoms with Gasteiger partial charge >= 0.3 is 0 Å². The van der Waals surface area contributed by atoms with E-state index in [0.29, 0.717) is 0 Å². The Balaban J connectivity index is 2.28. The Bertz CT molecular complexity index is 618. The van der Waals surface area contributed by atoms with Gasteiger partial charge in [-0.1, -0.05) is 24.3 Å². The van der Waals surface area contributed by atoms with Crippen molar-refractivity contribution in [1.29, 1.82) is 0 Å². The Morgan fingerprint density at radius 3 is 2.00 bits per heavy atom. The van der Waals surface area contributed by atoms with Crippen LogP contribution in [0.1, 0.15) is 37.3 Å². The third-order valence-corrected chi connectivity index (χ3v) is 3.30. The van der Waals surface area contributed by atoms with Crippen LogP contribution < -0.4 is 9.84 Å². The summed E-state index contributed by atoms with van der Waals surface area (Å²) in [4.78, 5) is 11.0. The van der Waals surface area contributed by atoms with Gasteiger partial charge in [-0.2, -0.15) is 0 Å². The summed E-state index contributed by atoms with van der Waals surface area (Å²) in [6.07, 6.45) is -0.0855. The Kier molecular flexibility index (Phi) is 5.15. The molecule has 0 aliphatic rings. The smallest absolute Gasteiger partial charge is 0.123 e. The molecule has 116 valence electrons. The molecule has 0 amide bonds. The summed E-state index contributed by atoms with van der Waals surface area (Å²) in [5, 5.41) is 11.0. The summed E-state index contributed by atoms with van der Waals surface area (Å²) < 4.78 is 18.6. The molecular weight excluding hydrogens is 283 g/mol. The van der Waals surface area contributed by atoms with Gasteiger partial charge in [0.2, 0.25) is 0 Å². The summed E-state index contributed by atoms with van der Waals surface area (Å²) in [6, 6.07) is 13.1. The normalized spacial score (nSPS) is 12.2. The van der Waals surface area contributed by atoms with E-state index in [1.807, 2.05) is 26.0 Å². The number of rotatable bonds is 6. The molecule has 1 atom stereocenters. The van der Waals surface area contributed by atoms with Crippen LogP contribution in [0.5, 0.6) is 5.75 Å². The summed E-state index contributed by atoms with van der Waals surface area (Å²) >= 11 is 0. The monoisotopic (exact) mass is 301 g/mol. The topological polar surface area (TPSA) is 49.4 Å². The predicted molar refractivity (Wildman–Crippen MR) is 80.1 cm³/mol. The SMILES string of the molecule is CC(C)Oc1ccc([C@@H](CC(=O)[O-])c2ccc(F)cc2)cc1. The van der Waals surface area contributed by atoms with Crippen molar-refractivity contribution < 1.29 is 19.0 Å². The van der Waals surface area contributed by atoms with Gasteiger partial charge < -0.3 is 14.6 Å². The number of carboxylic acids is 1. The second kappa shape index (κ2) is 7.07. The zero-order chi connectivity index (χ0) is 16.1. The van der Waals surface area contributed by atoms with E-state index < -0.39 is 5.97 Å². The van der Waals surface area contributed by atoms with Gasteiger partial charge in [-0.05, 0) is 55.7 Å². The van der Waals surface area contributed by atoms with Crippen LogP contribution in [0.25, 0.3) is 0 Å². The number of benzene rings is 2. The molecule has 0 aliphatic heterocycles. The Morgan fingerprint density at radius 2 is 1.55 bits per heavy atom. The van der Waals surface area contributed by atoms with E-state index in [-0.39, 0.29) is 24.3 Å². The summed E-state index contributed by atoms with van der Waals surface area (Å²) in [5.41, 5.74) is 1.56. The average molecular weight is 301 g/mol. The molecule has 0 saturated carbocycles. The lowest BCUT2D eigenvalue weighted by molar-refractivity contribution is -0.305. The first-order chi connectivity index (χ1) is 10.5. The lowest BCUT2D eigenvalue weighted by Crippen LogP contribution is -2.25. The van der Waals surface area contributed by atoms with Crippen LogP contribution in [0.2, 0.25) is 0 Å². The lowest BCUT2D eigenvalue weighted by atomic mass is 9.88. The van der Waals surface area contributed by atoms with Crippen LogP contribution in [-0.2, 0) is 4.79 Å². The Hall–Kier alpha value is -2.36. The van der Waals surface area contributed by atoms with Crippen LogP contribution in [0.15, 0.2) is 48.5 Å². The molecule has 2 aromatic rings. The first-order valence-corrected chi connectivity index (χ1v) is 7.17. The highest BCUT2D eigenvalue weighted by molar-refractivity contribution is 5.66. The first kappa shape index (κ1) is 16.0. The number of carbonyl (C=O) groups excluding carboxylic acids is 1. The number of aliphatic carboxylic acids is 1. The molecular formula is C18H18FO3-. The molecule has 4 heteroatoms. The van der Waals surface area contributed by atoms with Gasteiger partial charge in [0.15, 0.2) is 0 Å². The number of carbonyl (C=O) groups is 1. The standard InChI is InChI=1S/C18H19FO3/c1-12(2)22-16-9-5-14(6-10-16)17(11-18(20)21)13-3-7-15(19)8-4-13/h3-10,12,17H,11H2,1-2H3,(H,20,21)/p-1/t17-/m0/s1. The lowest BCUT2D eigenvalue weighted by Gasteiger charge is -2.19. The summed E-state index contributed by atoms with van der Waals surface area (Å²) in [5.74, 6) is -1.14. The molecule has 0 aliphatic carbocycles. The van der Waals surface area contributed by atoms with Gasteiger partial charge in [0, 0.05) is 11.9 Å². The fourth-order valence-electron chi connectivity index (χ4n) is 2.34. The minimum absolute atomic E-state index is 0.0713. The van der Waals surface area contributed by atoms with Crippen LogP contribution in [0.3, 0.4) is 0 Å². The molecule has 3 nitrogen and oxygen atoms in total. The van der Waals surface area contributed by atoms with Crippen molar-refractivity contribution in [2.24, 2.45) is 0 Å². The third kappa shape index (κ3) is 4.32. The van der Waals surface area contributed by atoms with Crippen molar-refractivity contribution in [2.75, 3.05) is 0 Å². The number of hydrogen-bond acceptors (Lipinski definition) is 3. The van der Waals surface area contributed by atoms with E-state index in [1.54, 1.807) is 24.3 Å². The maximum atomic E-state index is 13.0. The van der Waals surface area contributed by atoms with Crippen LogP contribution in [0, 0.1) is 5.82 Å². The van der Waals surface area contributed by atoms with Crippen molar-refractivity contribution in [3.63, 3.8) is 0 Å². The van der Waals surface area contributed by atoms with E-state index in [9.17, 15) is 14.3 Å². The second-order valence-electron chi connectivity index (χ2n) is 5.42. The summed E-state index contributed by atoms with van der Waals surface area (Å²) in [7, 11) is 0. The van der Waals surface area contributed by atoms with E-state index in [2.05, 4.69) is 0 Å². The molecule has 2 rings (SSSR count). The minimum atomic E-state index is -1.14. The van der Waals surface area contributed by atoms with Crippen molar-refractivity contribution in [3.8, 4) is 5.75 Å². The quantitative estimate of drug-likeness (QED) is 0.824. The van der Waals surface area contributed by atoms with Gasteiger partial charge in [0.1, 0.15) is 11.6 Å². The maximum absolute atomic E-state index is 13.0. The Morgan fingerprint density at radius 1 is 1.05 bits per heavy atom. The minimum Gasteiger partial charge on any atom is -0.550 e. The largest absolute Gasteiger partial charge is 0.550 e. The highest BCUT2D eigenvalue weighted by Gasteiger charge is 2.15. The maximum Gasteiger partial charge on any atom is 0.123 e. The molecule has 0 N–H and O–H groups in total. The van der Waals surface area contributed by atoms with E-state index in [0.717, 1.165) is 16.9 Å². The van der Waals surface area contributed by atoms with Crippen molar-refractivity contribution >= 4 is 5.97 Å². The zero-order valence-corrected chi connectivity index (χ0v) is 12.6. The van der Waals surface area contributed by atoms with Gasteiger partial charge in [-0.3, -0.25) is 0 Å². The van der Waals surface area contributed by atoms with Gasteiger partial charge in [0.25, 0.3) is 0 Å². The first-order valence-electron chi connectivity index (χ1n) is 7.17. The highest BCUT2D eigenvalue weighted by Crippen LogP contribution is 2.29. The second-order valence-corrected chi connectivity index (χ2v) is 5.42. The molecule has 0 spiro atoms. The summed E-state index contributed by atoms with van der Waals surface area (Å²) in [6.45, 7) is 3.87. The van der Waals surface area contributed by atoms with Crippen molar-refractivity contribution in [3.05, 3.63) is 65.5 Å². The predicted octanol–water partition coefficient (Wildman–Crippen LogP) is 2.88. The molecule has 0 aromatic heterocycles. The molecule has 22 heavy (non-hydrogen) atoms. The molecule has 0 bridgehead atoms. The number of halogens is 1. The molecule has 0 radical (unpaired) electrons. The van der Waals surface area contributed by atoms with Crippen LogP contribution in [-0.4, -0.2) is 12.1 Å². The molecule has 0 fully saturated rings. The third-order valence-electron chi connectivity index (χ3n) is 3.30. The average Bonchev–Trinajstić information content (AvgIpc) is 2.46. The molecule has 0 heterocycles. The Labute approximate surface area is 129 Å². The molecule has 0 saturated heterocycles. The van der Waals surface area contributed by atoms with E-state index in [4.69, 9.17) is 4.74 Å². The number of hydrogen-bond donors (Lipinski definition) is 0. The van der Waals surface area contributed by atoms with Gasteiger partial charge in [-0.25, -0.2) is 4.39 Å². The highest BCUT2D eigenvalue weighted by atomic mass is 19.1. The fraction of sp³-hybridized carbons (Fsp3) is 0.278. The number of ether oxygens (including phenoxy) is 1. The van der Waals surface area contributed by atoms with Crippen molar-refractivity contribution in [1.82, 2.24) is 0 Å². The van der Waals surface area contributed by atoms with Crippen LogP contribution >= 0.6 is 0 Å². The van der Waals surface area contributed by atoms with Gasteiger partial charge in [0.05, 0.1) is 6.10 Å². The van der Waals surface area contributed by atoms with E-state index >= 15 is 0 Å². The zero-order valence-electron chi connectivity index (χ0n) is 12.6. The fourth-order valence-corrected chi connectivity index (χ4v) is 2.34. The molecule has 2 aromatic carbocycles. The van der Waals surface area contributed by atoms with Crippen molar-refractivity contribution in [2.45, 2.75) is 32.3 Å². The van der Waals surface area contributed by atoms with E-state index in [1.165, 1.54) is 12.1 Å². The molecule has 0 unspecified atom stereocenters. The van der Waals surface area contributed by atoms with Gasteiger partial charge in [-0.15, -0.1) is 0 Å². The van der Waals surface area contributed by atoms with Crippen LogP contribution in [0.4, 0.5) is 4.39 Å². The number of carboxylic acid groups (broad SMARTS) is 1.